The summed E-state index contributed by atoms with van der Waals surface area (Å²) in [5.41, 5.74) is 1.06. The zero-order chi connectivity index (χ0) is 13.8. The van der Waals surface area contributed by atoms with Gasteiger partial charge in [-0.05, 0) is 12.1 Å². The van der Waals surface area contributed by atoms with Gasteiger partial charge in [-0.1, -0.05) is 23.9 Å². The summed E-state index contributed by atoms with van der Waals surface area (Å²) in [5, 5.41) is 10.1. The lowest BCUT2D eigenvalue weighted by Crippen LogP contribution is -2.04. The van der Waals surface area contributed by atoms with Crippen molar-refractivity contribution in [2.45, 2.75) is 17.5 Å². The van der Waals surface area contributed by atoms with Crippen LogP contribution in [0.5, 0.6) is 0 Å². The molecule has 104 valence electrons. The molecule has 0 aliphatic heterocycles. The van der Waals surface area contributed by atoms with Crippen LogP contribution in [0.1, 0.15) is 5.01 Å². The summed E-state index contributed by atoms with van der Waals surface area (Å²) in [6.45, 7) is 1.43. The highest BCUT2D eigenvalue weighted by Crippen LogP contribution is 2.27. The van der Waals surface area contributed by atoms with Crippen molar-refractivity contribution in [2.24, 2.45) is 0 Å². The summed E-state index contributed by atoms with van der Waals surface area (Å²) < 4.78 is 8.30. The number of aromatic nitrogens is 4. The molecule has 20 heavy (non-hydrogen) atoms. The lowest BCUT2D eigenvalue weighted by atomic mass is 10.3. The quantitative estimate of drug-likeness (QED) is 0.655. The number of rotatable bonds is 6. The fourth-order valence-electron chi connectivity index (χ4n) is 1.81. The maximum atomic E-state index is 5.08. The van der Waals surface area contributed by atoms with Gasteiger partial charge in [0.1, 0.15) is 11.3 Å². The number of ether oxygens (including phenoxy) is 1. The average Bonchev–Trinajstić information content (AvgIpc) is 3.08. The number of hydrogen-bond acceptors (Lipinski definition) is 6. The standard InChI is InChI=1S/C13H14N4OS2/c1-18-7-6-17-9-14-16-13(17)19-8-12-15-10-4-2-3-5-11(10)20-12/h2-5,9H,6-8H2,1H3. The van der Waals surface area contributed by atoms with Gasteiger partial charge in [0.15, 0.2) is 5.16 Å². The Bertz CT molecular complexity index is 661. The Morgan fingerprint density at radius 2 is 2.25 bits per heavy atom. The van der Waals surface area contributed by atoms with E-state index in [9.17, 15) is 0 Å². The van der Waals surface area contributed by atoms with Crippen LogP contribution in [0.2, 0.25) is 0 Å². The average molecular weight is 306 g/mol. The van der Waals surface area contributed by atoms with Crippen molar-refractivity contribution in [2.75, 3.05) is 13.7 Å². The van der Waals surface area contributed by atoms with Crippen molar-refractivity contribution >= 4 is 33.3 Å². The first-order valence-electron chi connectivity index (χ1n) is 6.21. The molecule has 3 aromatic rings. The number of fused-ring (bicyclic) bond motifs is 1. The van der Waals surface area contributed by atoms with Crippen molar-refractivity contribution in [3.05, 3.63) is 35.6 Å². The van der Waals surface area contributed by atoms with E-state index < -0.39 is 0 Å². The second kappa shape index (κ2) is 6.34. The topological polar surface area (TPSA) is 52.8 Å². The number of thioether (sulfide) groups is 1. The largest absolute Gasteiger partial charge is 0.383 e. The van der Waals surface area contributed by atoms with Crippen molar-refractivity contribution in [1.29, 1.82) is 0 Å². The molecule has 0 bridgehead atoms. The van der Waals surface area contributed by atoms with Crippen LogP contribution in [0.4, 0.5) is 0 Å². The highest BCUT2D eigenvalue weighted by molar-refractivity contribution is 7.98. The van der Waals surface area contributed by atoms with Gasteiger partial charge in [0.2, 0.25) is 0 Å². The third-order valence-corrected chi connectivity index (χ3v) is 4.99. The highest BCUT2D eigenvalue weighted by atomic mass is 32.2. The van der Waals surface area contributed by atoms with Gasteiger partial charge in [-0.15, -0.1) is 21.5 Å². The van der Waals surface area contributed by atoms with Crippen molar-refractivity contribution in [1.82, 2.24) is 19.7 Å². The minimum Gasteiger partial charge on any atom is -0.383 e. The maximum Gasteiger partial charge on any atom is 0.191 e. The Morgan fingerprint density at radius 1 is 1.35 bits per heavy atom. The number of nitrogens with zero attached hydrogens (tertiary/aromatic N) is 4. The molecule has 0 radical (unpaired) electrons. The van der Waals surface area contributed by atoms with Gasteiger partial charge in [0, 0.05) is 13.7 Å². The minimum atomic E-state index is 0.659. The van der Waals surface area contributed by atoms with Crippen LogP contribution in [0.15, 0.2) is 35.7 Å². The molecular weight excluding hydrogens is 292 g/mol. The summed E-state index contributed by atoms with van der Waals surface area (Å²) in [6, 6.07) is 8.20. The third-order valence-electron chi connectivity index (χ3n) is 2.78. The predicted octanol–water partition coefficient (Wildman–Crippen LogP) is 2.83. The molecule has 0 aliphatic carbocycles. The molecule has 0 amide bonds. The van der Waals surface area contributed by atoms with Gasteiger partial charge >= 0.3 is 0 Å². The Morgan fingerprint density at radius 3 is 3.10 bits per heavy atom. The lowest BCUT2D eigenvalue weighted by molar-refractivity contribution is 0.184. The van der Waals surface area contributed by atoms with E-state index in [0.29, 0.717) is 6.61 Å². The molecular formula is C13H14N4OS2. The minimum absolute atomic E-state index is 0.659. The molecule has 0 saturated heterocycles. The molecule has 1 aromatic carbocycles. The molecule has 0 N–H and O–H groups in total. The highest BCUT2D eigenvalue weighted by Gasteiger charge is 2.08. The molecule has 0 fully saturated rings. The van der Waals surface area contributed by atoms with Crippen LogP contribution in [-0.4, -0.2) is 33.5 Å². The molecule has 2 aromatic heterocycles. The summed E-state index contributed by atoms with van der Waals surface area (Å²) in [6.07, 6.45) is 1.74. The lowest BCUT2D eigenvalue weighted by Gasteiger charge is -2.03. The van der Waals surface area contributed by atoms with Crippen molar-refractivity contribution < 1.29 is 4.74 Å². The Labute approximate surface area is 125 Å². The molecule has 0 spiro atoms. The second-order valence-electron chi connectivity index (χ2n) is 4.16. The first kappa shape index (κ1) is 13.5. The van der Waals surface area contributed by atoms with Crippen molar-refractivity contribution in [3.8, 4) is 0 Å². The molecule has 2 heterocycles. The van der Waals surface area contributed by atoms with Gasteiger partial charge < -0.3 is 9.30 Å². The molecule has 0 atom stereocenters. The molecule has 3 rings (SSSR count). The first-order valence-corrected chi connectivity index (χ1v) is 8.01. The zero-order valence-electron chi connectivity index (χ0n) is 11.0. The van der Waals surface area contributed by atoms with Gasteiger partial charge in [-0.25, -0.2) is 4.98 Å². The van der Waals surface area contributed by atoms with E-state index in [0.717, 1.165) is 28.0 Å². The fourth-order valence-corrected chi connectivity index (χ4v) is 3.71. The number of hydrogen-bond donors (Lipinski definition) is 0. The van der Waals surface area contributed by atoms with E-state index in [2.05, 4.69) is 21.2 Å². The monoisotopic (exact) mass is 306 g/mol. The maximum absolute atomic E-state index is 5.08. The number of benzene rings is 1. The van der Waals surface area contributed by atoms with E-state index in [-0.39, 0.29) is 0 Å². The summed E-state index contributed by atoms with van der Waals surface area (Å²) in [7, 11) is 1.69. The Balaban J connectivity index is 1.68. The number of para-hydroxylation sites is 1. The smallest absolute Gasteiger partial charge is 0.191 e. The Hall–Kier alpha value is -1.44. The van der Waals surface area contributed by atoms with Gasteiger partial charge in [0.25, 0.3) is 0 Å². The Kier molecular flexibility index (Phi) is 4.29. The van der Waals surface area contributed by atoms with Crippen LogP contribution in [0, 0.1) is 0 Å². The summed E-state index contributed by atoms with van der Waals surface area (Å²) >= 11 is 3.38. The SMILES string of the molecule is COCCn1cnnc1SCc1nc2ccccc2s1. The fraction of sp³-hybridized carbons (Fsp3) is 0.308. The van der Waals surface area contributed by atoms with E-state index in [1.165, 1.54) is 4.70 Å². The normalized spacial score (nSPS) is 11.2. The van der Waals surface area contributed by atoms with Crippen LogP contribution in [0.3, 0.4) is 0 Å². The molecule has 0 unspecified atom stereocenters. The van der Waals surface area contributed by atoms with E-state index in [1.54, 1.807) is 36.5 Å². The zero-order valence-corrected chi connectivity index (χ0v) is 12.7. The van der Waals surface area contributed by atoms with Crippen LogP contribution >= 0.6 is 23.1 Å². The van der Waals surface area contributed by atoms with E-state index in [1.807, 2.05) is 22.8 Å². The van der Waals surface area contributed by atoms with Crippen molar-refractivity contribution in [3.63, 3.8) is 0 Å². The van der Waals surface area contributed by atoms with E-state index >= 15 is 0 Å². The predicted molar refractivity (Wildman–Crippen MR) is 81.1 cm³/mol. The van der Waals surface area contributed by atoms with Crippen LogP contribution in [-0.2, 0) is 17.0 Å². The van der Waals surface area contributed by atoms with Gasteiger partial charge in [-0.3, -0.25) is 0 Å². The number of methoxy groups -OCH3 is 1. The van der Waals surface area contributed by atoms with Crippen LogP contribution < -0.4 is 0 Å². The molecule has 5 nitrogen and oxygen atoms in total. The van der Waals surface area contributed by atoms with Crippen LogP contribution in [0.25, 0.3) is 10.2 Å². The molecule has 0 saturated carbocycles. The molecule has 0 aliphatic rings. The van der Waals surface area contributed by atoms with E-state index in [4.69, 9.17) is 4.74 Å². The molecule has 7 heteroatoms. The van der Waals surface area contributed by atoms with Gasteiger partial charge in [-0.2, -0.15) is 0 Å². The first-order chi connectivity index (χ1) is 9.86. The number of thiazole rings is 1. The summed E-state index contributed by atoms with van der Waals surface area (Å²) in [5.74, 6) is 0.811. The van der Waals surface area contributed by atoms with Gasteiger partial charge in [0.05, 0.1) is 22.6 Å². The summed E-state index contributed by atoms with van der Waals surface area (Å²) in [4.78, 5) is 4.62. The second-order valence-corrected chi connectivity index (χ2v) is 6.22. The third kappa shape index (κ3) is 3.00.